The van der Waals surface area contributed by atoms with E-state index < -0.39 is 0 Å². The molecule has 19 heavy (non-hydrogen) atoms. The number of rotatable bonds is 5. The minimum atomic E-state index is -0.360. The van der Waals surface area contributed by atoms with Crippen LogP contribution in [0.1, 0.15) is 6.42 Å². The highest BCUT2D eigenvalue weighted by molar-refractivity contribution is 5.73. The van der Waals surface area contributed by atoms with Gasteiger partial charge in [-0.15, -0.1) is 0 Å². The summed E-state index contributed by atoms with van der Waals surface area (Å²) in [6, 6.07) is 1.77. The molecule has 0 aliphatic rings. The number of hydrogen-bond acceptors (Lipinski definition) is 6. The Labute approximate surface area is 109 Å². The molecule has 2 aromatic heterocycles. The van der Waals surface area contributed by atoms with Crippen LogP contribution in [0, 0.1) is 0 Å². The minimum absolute atomic E-state index is 0.187. The van der Waals surface area contributed by atoms with E-state index >= 15 is 0 Å². The number of hydrogen-bond donors (Lipinski definition) is 3. The first-order chi connectivity index (χ1) is 9.08. The normalized spacial score (nSPS) is 10.4. The molecule has 0 aliphatic carbocycles. The predicted octanol–water partition coefficient (Wildman–Crippen LogP) is -0.161. The molecule has 2 rings (SSSR count). The summed E-state index contributed by atoms with van der Waals surface area (Å²) < 4.78 is 1.64. The Morgan fingerprint density at radius 1 is 1.47 bits per heavy atom. The SMILES string of the molecule is CNc1cc(-c2cnn(CCC(N)=O)c2)nc(N)n1. The van der Waals surface area contributed by atoms with Gasteiger partial charge in [0.25, 0.3) is 0 Å². The maximum Gasteiger partial charge on any atom is 0.222 e. The van der Waals surface area contributed by atoms with Gasteiger partial charge in [-0.3, -0.25) is 9.48 Å². The van der Waals surface area contributed by atoms with Crippen molar-refractivity contribution in [1.82, 2.24) is 19.7 Å². The van der Waals surface area contributed by atoms with Gasteiger partial charge in [-0.25, -0.2) is 4.98 Å². The van der Waals surface area contributed by atoms with E-state index in [1.165, 1.54) is 0 Å². The van der Waals surface area contributed by atoms with Crippen LogP contribution in [-0.4, -0.2) is 32.7 Å². The van der Waals surface area contributed by atoms with Crippen molar-refractivity contribution < 1.29 is 4.79 Å². The first-order valence-electron chi connectivity index (χ1n) is 5.72. The molecule has 0 radical (unpaired) electrons. The lowest BCUT2D eigenvalue weighted by Gasteiger charge is -2.03. The van der Waals surface area contributed by atoms with E-state index in [9.17, 15) is 4.79 Å². The van der Waals surface area contributed by atoms with Crippen molar-refractivity contribution in [2.75, 3.05) is 18.1 Å². The summed E-state index contributed by atoms with van der Waals surface area (Å²) in [7, 11) is 1.75. The zero-order chi connectivity index (χ0) is 13.8. The number of nitrogens with two attached hydrogens (primary N) is 2. The summed E-state index contributed by atoms with van der Waals surface area (Å²) in [6.45, 7) is 0.439. The highest BCUT2D eigenvalue weighted by Crippen LogP contribution is 2.19. The van der Waals surface area contributed by atoms with Gasteiger partial charge in [0.05, 0.1) is 11.9 Å². The van der Waals surface area contributed by atoms with E-state index in [4.69, 9.17) is 11.5 Å². The predicted molar refractivity (Wildman–Crippen MR) is 71.0 cm³/mol. The van der Waals surface area contributed by atoms with Gasteiger partial charge in [-0.05, 0) is 0 Å². The largest absolute Gasteiger partial charge is 0.373 e. The van der Waals surface area contributed by atoms with E-state index in [1.807, 2.05) is 0 Å². The lowest BCUT2D eigenvalue weighted by atomic mass is 10.2. The molecule has 0 saturated heterocycles. The van der Waals surface area contributed by atoms with Gasteiger partial charge in [-0.1, -0.05) is 0 Å². The fourth-order valence-corrected chi connectivity index (χ4v) is 1.58. The third kappa shape index (κ3) is 3.18. The first kappa shape index (κ1) is 12.8. The van der Waals surface area contributed by atoms with E-state index in [0.717, 1.165) is 5.56 Å². The first-order valence-corrected chi connectivity index (χ1v) is 5.72. The summed E-state index contributed by atoms with van der Waals surface area (Å²) in [6.07, 6.45) is 3.68. The maximum atomic E-state index is 10.7. The van der Waals surface area contributed by atoms with E-state index in [1.54, 1.807) is 30.2 Å². The Balaban J connectivity index is 2.22. The van der Waals surface area contributed by atoms with Gasteiger partial charge in [0, 0.05) is 37.8 Å². The van der Waals surface area contributed by atoms with Gasteiger partial charge in [0.15, 0.2) is 0 Å². The smallest absolute Gasteiger partial charge is 0.222 e. The topological polar surface area (TPSA) is 125 Å². The van der Waals surface area contributed by atoms with Crippen LogP contribution in [0.15, 0.2) is 18.5 Å². The summed E-state index contributed by atoms with van der Waals surface area (Å²) in [5.41, 5.74) is 12.2. The molecular weight excluding hydrogens is 246 g/mol. The molecule has 8 heteroatoms. The average Bonchev–Trinajstić information content (AvgIpc) is 2.84. The van der Waals surface area contributed by atoms with E-state index in [0.29, 0.717) is 18.1 Å². The van der Waals surface area contributed by atoms with Crippen LogP contribution in [0.2, 0.25) is 0 Å². The molecule has 0 fully saturated rings. The Morgan fingerprint density at radius 2 is 2.26 bits per heavy atom. The van der Waals surface area contributed by atoms with Crippen LogP contribution in [0.25, 0.3) is 11.3 Å². The molecule has 0 atom stereocenters. The number of carbonyl (C=O) groups is 1. The standard InChI is InChI=1S/C11H15N7O/c1-14-10-4-8(16-11(13)17-10)7-5-15-18(6-7)3-2-9(12)19/h4-6H,2-3H2,1H3,(H2,12,19)(H3,13,14,16,17). The molecule has 0 aromatic carbocycles. The van der Waals surface area contributed by atoms with Crippen molar-refractivity contribution in [3.05, 3.63) is 18.5 Å². The molecule has 2 aromatic rings. The Morgan fingerprint density at radius 3 is 2.95 bits per heavy atom. The molecule has 0 aliphatic heterocycles. The summed E-state index contributed by atoms with van der Waals surface area (Å²) >= 11 is 0. The fraction of sp³-hybridized carbons (Fsp3) is 0.273. The van der Waals surface area contributed by atoms with Crippen LogP contribution >= 0.6 is 0 Å². The summed E-state index contributed by atoms with van der Waals surface area (Å²) in [4.78, 5) is 18.9. The van der Waals surface area contributed by atoms with Gasteiger partial charge in [-0.2, -0.15) is 10.1 Å². The van der Waals surface area contributed by atoms with Crippen LogP contribution in [0.4, 0.5) is 11.8 Å². The van der Waals surface area contributed by atoms with E-state index in [-0.39, 0.29) is 18.3 Å². The van der Waals surface area contributed by atoms with Crippen molar-refractivity contribution in [3.63, 3.8) is 0 Å². The molecule has 0 bridgehead atoms. The summed E-state index contributed by atoms with van der Waals surface area (Å²) in [5, 5.41) is 7.04. The van der Waals surface area contributed by atoms with Crippen molar-refractivity contribution in [1.29, 1.82) is 0 Å². The van der Waals surface area contributed by atoms with Crippen molar-refractivity contribution >= 4 is 17.7 Å². The zero-order valence-corrected chi connectivity index (χ0v) is 10.5. The lowest BCUT2D eigenvalue weighted by Crippen LogP contribution is -2.14. The number of primary amides is 1. The average molecular weight is 261 g/mol. The number of aromatic nitrogens is 4. The number of nitrogens with zero attached hydrogens (tertiary/aromatic N) is 4. The Kier molecular flexibility index (Phi) is 3.60. The second-order valence-corrected chi connectivity index (χ2v) is 3.96. The van der Waals surface area contributed by atoms with Crippen LogP contribution in [-0.2, 0) is 11.3 Å². The molecule has 100 valence electrons. The Hall–Kier alpha value is -2.64. The second-order valence-electron chi connectivity index (χ2n) is 3.96. The van der Waals surface area contributed by atoms with Crippen LogP contribution < -0.4 is 16.8 Å². The number of nitrogen functional groups attached to an aromatic ring is 1. The fourth-order valence-electron chi connectivity index (χ4n) is 1.58. The van der Waals surface area contributed by atoms with Crippen molar-refractivity contribution in [3.8, 4) is 11.3 Å². The Bertz CT molecular complexity index is 592. The summed E-state index contributed by atoms with van der Waals surface area (Å²) in [5.74, 6) is 0.458. The van der Waals surface area contributed by atoms with Crippen LogP contribution in [0.5, 0.6) is 0 Å². The number of nitrogens with one attached hydrogen (secondary N) is 1. The highest BCUT2D eigenvalue weighted by atomic mass is 16.1. The molecular formula is C11H15N7O. The number of amides is 1. The van der Waals surface area contributed by atoms with Crippen molar-refractivity contribution in [2.24, 2.45) is 5.73 Å². The molecule has 1 amide bonds. The minimum Gasteiger partial charge on any atom is -0.373 e. The third-order valence-electron chi connectivity index (χ3n) is 2.52. The van der Waals surface area contributed by atoms with Gasteiger partial charge >= 0.3 is 0 Å². The molecule has 8 nitrogen and oxygen atoms in total. The van der Waals surface area contributed by atoms with Gasteiger partial charge < -0.3 is 16.8 Å². The van der Waals surface area contributed by atoms with Gasteiger partial charge in [0.2, 0.25) is 11.9 Å². The van der Waals surface area contributed by atoms with Gasteiger partial charge in [0.1, 0.15) is 5.82 Å². The molecule has 2 heterocycles. The molecule has 0 saturated carbocycles. The highest BCUT2D eigenvalue weighted by Gasteiger charge is 2.07. The zero-order valence-electron chi connectivity index (χ0n) is 10.5. The van der Waals surface area contributed by atoms with Crippen LogP contribution in [0.3, 0.4) is 0 Å². The van der Waals surface area contributed by atoms with Crippen molar-refractivity contribution in [2.45, 2.75) is 13.0 Å². The quantitative estimate of drug-likeness (QED) is 0.686. The number of anilines is 2. The number of carbonyl (C=O) groups excluding carboxylic acids is 1. The molecule has 5 N–H and O–H groups in total. The molecule has 0 unspecified atom stereocenters. The molecule has 0 spiro atoms. The monoisotopic (exact) mass is 261 g/mol. The third-order valence-corrected chi connectivity index (χ3v) is 2.52. The number of aryl methyl sites for hydroxylation is 1. The lowest BCUT2D eigenvalue weighted by molar-refractivity contribution is -0.118. The second kappa shape index (κ2) is 5.34. The van der Waals surface area contributed by atoms with E-state index in [2.05, 4.69) is 20.4 Å². The maximum absolute atomic E-state index is 10.7.